The number of carbonyl (C=O) groups excluding carboxylic acids is 1. The molecule has 1 aromatic carbocycles. The molecule has 4 rings (SSSR count). The summed E-state index contributed by atoms with van der Waals surface area (Å²) in [6, 6.07) is 8.09. The van der Waals surface area contributed by atoms with Gasteiger partial charge in [-0.2, -0.15) is 4.98 Å². The van der Waals surface area contributed by atoms with E-state index in [4.69, 9.17) is 13.9 Å². The average molecular weight is 329 g/mol. The molecule has 2 saturated heterocycles. The van der Waals surface area contributed by atoms with Gasteiger partial charge in [0.1, 0.15) is 11.9 Å². The number of aromatic nitrogens is 1. The maximum atomic E-state index is 12.4. The highest BCUT2D eigenvalue weighted by atomic mass is 16.7. The van der Waals surface area contributed by atoms with Crippen molar-refractivity contribution in [1.82, 2.24) is 15.6 Å². The monoisotopic (exact) mass is 329 g/mol. The molecule has 0 spiro atoms. The number of nitrogens with zero attached hydrogens (tertiary/aromatic N) is 1. The Hall–Kier alpha value is -2.54. The number of amides is 1. The van der Waals surface area contributed by atoms with E-state index >= 15 is 0 Å². The van der Waals surface area contributed by atoms with Gasteiger partial charge in [-0.15, -0.1) is 0 Å². The van der Waals surface area contributed by atoms with Crippen LogP contribution in [0.15, 0.2) is 34.9 Å². The van der Waals surface area contributed by atoms with Crippen LogP contribution >= 0.6 is 0 Å². The summed E-state index contributed by atoms with van der Waals surface area (Å²) in [7, 11) is 1.49. The number of methoxy groups -OCH3 is 1. The maximum absolute atomic E-state index is 12.4. The molecule has 2 N–H and O–H groups in total. The fraction of sp³-hybridized carbons (Fsp3) is 0.412. The normalized spacial score (nSPS) is 24.8. The van der Waals surface area contributed by atoms with Gasteiger partial charge >= 0.3 is 12.0 Å². The van der Waals surface area contributed by atoms with Gasteiger partial charge in [-0.1, -0.05) is 0 Å². The first-order valence-electron chi connectivity index (χ1n) is 8.06. The molecule has 2 bridgehead atoms. The molecule has 1 aromatic heterocycles. The smallest absolute Gasteiger partial charge is 0.402 e. The summed E-state index contributed by atoms with van der Waals surface area (Å²) in [6.45, 7) is 0. The number of fused-ring (bicyclic) bond motifs is 2. The van der Waals surface area contributed by atoms with Crippen LogP contribution in [0.1, 0.15) is 29.6 Å². The summed E-state index contributed by atoms with van der Waals surface area (Å²) < 4.78 is 15.6. The van der Waals surface area contributed by atoms with E-state index in [-0.39, 0.29) is 24.0 Å². The molecule has 24 heavy (non-hydrogen) atoms. The standard InChI is InChI=1S/C17H19N3O4/c1-22-15-9-18-17(24-15)23-12-5-2-10(3-6-12)16(21)20-14-8-11-4-7-13(14)19-11/h2-3,5-6,9,11,13-14,19H,4,7-8H2,1H3,(H,20,21). The fourth-order valence-electron chi connectivity index (χ4n) is 3.40. The van der Waals surface area contributed by atoms with E-state index in [1.165, 1.54) is 19.7 Å². The molecule has 7 heteroatoms. The second-order valence-electron chi connectivity index (χ2n) is 6.14. The second-order valence-corrected chi connectivity index (χ2v) is 6.14. The van der Waals surface area contributed by atoms with Crippen LogP contribution in [0.3, 0.4) is 0 Å². The van der Waals surface area contributed by atoms with Crippen LogP contribution in [0, 0.1) is 0 Å². The van der Waals surface area contributed by atoms with Crippen molar-refractivity contribution in [3.8, 4) is 17.8 Å². The molecule has 2 aromatic rings. The lowest BCUT2D eigenvalue weighted by Gasteiger charge is -2.21. The Morgan fingerprint density at radius 1 is 1.33 bits per heavy atom. The number of rotatable bonds is 5. The number of benzene rings is 1. The zero-order chi connectivity index (χ0) is 16.5. The van der Waals surface area contributed by atoms with E-state index in [2.05, 4.69) is 15.6 Å². The van der Waals surface area contributed by atoms with Crippen molar-refractivity contribution in [2.45, 2.75) is 37.4 Å². The number of hydrogen-bond donors (Lipinski definition) is 2. The molecule has 1 amide bonds. The number of hydrogen-bond acceptors (Lipinski definition) is 6. The van der Waals surface area contributed by atoms with Crippen LogP contribution in [0.25, 0.3) is 0 Å². The summed E-state index contributed by atoms with van der Waals surface area (Å²) in [6.07, 6.45) is 4.90. The fourth-order valence-corrected chi connectivity index (χ4v) is 3.40. The van der Waals surface area contributed by atoms with E-state index in [9.17, 15) is 4.79 Å². The van der Waals surface area contributed by atoms with Crippen LogP contribution in [-0.4, -0.2) is 36.1 Å². The molecule has 126 valence electrons. The molecule has 0 radical (unpaired) electrons. The van der Waals surface area contributed by atoms with Crippen molar-refractivity contribution >= 4 is 5.91 Å². The minimum atomic E-state index is -0.0568. The molecule has 7 nitrogen and oxygen atoms in total. The summed E-state index contributed by atoms with van der Waals surface area (Å²) in [5, 5.41) is 6.63. The third-order valence-electron chi connectivity index (χ3n) is 4.60. The third kappa shape index (κ3) is 2.94. The van der Waals surface area contributed by atoms with Gasteiger partial charge in [-0.05, 0) is 43.5 Å². The Labute approximate surface area is 139 Å². The van der Waals surface area contributed by atoms with Crippen LogP contribution in [-0.2, 0) is 0 Å². The lowest BCUT2D eigenvalue weighted by Crippen LogP contribution is -2.42. The molecule has 3 atom stereocenters. The van der Waals surface area contributed by atoms with Gasteiger partial charge in [-0.25, -0.2) is 0 Å². The molecule has 3 unspecified atom stereocenters. The van der Waals surface area contributed by atoms with Crippen molar-refractivity contribution in [1.29, 1.82) is 0 Å². The summed E-state index contributed by atoms with van der Waals surface area (Å²) >= 11 is 0. The van der Waals surface area contributed by atoms with Gasteiger partial charge in [-0.3, -0.25) is 4.79 Å². The number of oxazole rings is 1. The zero-order valence-electron chi connectivity index (χ0n) is 13.3. The van der Waals surface area contributed by atoms with Crippen molar-refractivity contribution in [2.75, 3.05) is 7.11 Å². The van der Waals surface area contributed by atoms with E-state index in [0.29, 0.717) is 23.4 Å². The van der Waals surface area contributed by atoms with Gasteiger partial charge in [0.05, 0.1) is 7.11 Å². The first kappa shape index (κ1) is 15.0. The van der Waals surface area contributed by atoms with E-state index in [0.717, 1.165) is 12.8 Å². The Bertz CT molecular complexity index is 728. The van der Waals surface area contributed by atoms with Crippen molar-refractivity contribution in [3.63, 3.8) is 0 Å². The molecular formula is C17H19N3O4. The maximum Gasteiger partial charge on any atom is 0.402 e. The van der Waals surface area contributed by atoms with Gasteiger partial charge in [0.15, 0.2) is 0 Å². The van der Waals surface area contributed by atoms with Crippen molar-refractivity contribution < 1.29 is 18.7 Å². The Balaban J connectivity index is 1.37. The lowest BCUT2D eigenvalue weighted by molar-refractivity contribution is 0.0931. The predicted molar refractivity (Wildman–Crippen MR) is 85.4 cm³/mol. The van der Waals surface area contributed by atoms with Crippen LogP contribution in [0.2, 0.25) is 0 Å². The summed E-state index contributed by atoms with van der Waals surface area (Å²) in [5.74, 6) is 0.761. The highest BCUT2D eigenvalue weighted by Gasteiger charge is 2.39. The molecule has 2 aliphatic heterocycles. The molecule has 3 heterocycles. The largest absolute Gasteiger partial charge is 0.467 e. The highest BCUT2D eigenvalue weighted by molar-refractivity contribution is 5.94. The SMILES string of the molecule is COc1cnc(Oc2ccc(C(=O)NC3CC4CCC3N4)cc2)o1. The third-order valence-corrected chi connectivity index (χ3v) is 4.60. The Morgan fingerprint density at radius 3 is 2.79 bits per heavy atom. The summed E-state index contributed by atoms with van der Waals surface area (Å²) in [4.78, 5) is 16.3. The first-order chi connectivity index (χ1) is 11.7. The topological polar surface area (TPSA) is 85.6 Å². The average Bonchev–Trinajstić information content (AvgIpc) is 3.32. The first-order valence-corrected chi connectivity index (χ1v) is 8.06. The lowest BCUT2D eigenvalue weighted by atomic mass is 9.95. The van der Waals surface area contributed by atoms with Gasteiger partial charge in [0.25, 0.3) is 5.91 Å². The Morgan fingerprint density at radius 2 is 2.17 bits per heavy atom. The molecule has 2 aliphatic rings. The molecule has 0 saturated carbocycles. The summed E-state index contributed by atoms with van der Waals surface area (Å²) in [5.41, 5.74) is 0.607. The van der Waals surface area contributed by atoms with Gasteiger partial charge in [0.2, 0.25) is 0 Å². The second kappa shape index (κ2) is 6.16. The van der Waals surface area contributed by atoms with E-state index in [1.807, 2.05) is 0 Å². The van der Waals surface area contributed by atoms with Crippen LogP contribution in [0.5, 0.6) is 17.8 Å². The van der Waals surface area contributed by atoms with Crippen molar-refractivity contribution in [2.24, 2.45) is 0 Å². The zero-order valence-corrected chi connectivity index (χ0v) is 13.3. The number of nitrogens with one attached hydrogen (secondary N) is 2. The number of ether oxygens (including phenoxy) is 2. The van der Waals surface area contributed by atoms with Crippen LogP contribution < -0.4 is 20.1 Å². The number of carbonyl (C=O) groups is 1. The molecule has 2 fully saturated rings. The Kier molecular flexibility index (Phi) is 3.86. The van der Waals surface area contributed by atoms with Gasteiger partial charge < -0.3 is 24.5 Å². The quantitative estimate of drug-likeness (QED) is 0.874. The predicted octanol–water partition coefficient (Wildman–Crippen LogP) is 2.10. The van der Waals surface area contributed by atoms with Gasteiger partial charge in [0, 0.05) is 23.7 Å². The van der Waals surface area contributed by atoms with Crippen LogP contribution in [0.4, 0.5) is 0 Å². The molecule has 0 aliphatic carbocycles. The highest BCUT2D eigenvalue weighted by Crippen LogP contribution is 2.28. The minimum absolute atomic E-state index is 0.0568. The van der Waals surface area contributed by atoms with E-state index < -0.39 is 0 Å². The molecular weight excluding hydrogens is 310 g/mol. The minimum Gasteiger partial charge on any atom is -0.467 e. The van der Waals surface area contributed by atoms with E-state index in [1.54, 1.807) is 24.3 Å². The van der Waals surface area contributed by atoms with Crippen molar-refractivity contribution in [3.05, 3.63) is 36.0 Å².